The van der Waals surface area contributed by atoms with Crippen LogP contribution in [0.25, 0.3) is 0 Å². The van der Waals surface area contributed by atoms with E-state index in [1.165, 1.54) is 6.20 Å². The predicted molar refractivity (Wildman–Crippen MR) is 45.6 cm³/mol. The van der Waals surface area contributed by atoms with Gasteiger partial charge in [-0.3, -0.25) is 4.98 Å². The van der Waals surface area contributed by atoms with Gasteiger partial charge in [0.25, 0.3) is 6.43 Å². The van der Waals surface area contributed by atoms with Gasteiger partial charge in [-0.1, -0.05) is 0 Å². The molecular weight excluding hydrogens is 192 g/mol. The summed E-state index contributed by atoms with van der Waals surface area (Å²) in [7, 11) is 0. The highest BCUT2D eigenvalue weighted by Crippen LogP contribution is 2.18. The maximum Gasteiger partial charge on any atom is 0.281 e. The Morgan fingerprint density at radius 1 is 1.36 bits per heavy atom. The van der Waals surface area contributed by atoms with Crippen molar-refractivity contribution in [3.8, 4) is 0 Å². The molecule has 1 aromatic heterocycles. The molecule has 1 rings (SSSR count). The molecule has 0 spiro atoms. The van der Waals surface area contributed by atoms with E-state index >= 15 is 0 Å². The molecule has 78 valence electrons. The van der Waals surface area contributed by atoms with Crippen LogP contribution < -0.4 is 5.73 Å². The van der Waals surface area contributed by atoms with Gasteiger partial charge >= 0.3 is 0 Å². The zero-order valence-corrected chi connectivity index (χ0v) is 7.40. The van der Waals surface area contributed by atoms with E-state index in [1.807, 2.05) is 0 Å². The molecule has 6 heteroatoms. The van der Waals surface area contributed by atoms with E-state index in [9.17, 15) is 13.9 Å². The lowest BCUT2D eigenvalue weighted by atomic mass is 10.2. The minimum absolute atomic E-state index is 0.133. The summed E-state index contributed by atoms with van der Waals surface area (Å²) in [5.74, 6) is 0. The molecule has 0 saturated heterocycles. The average molecular weight is 203 g/mol. The molecule has 4 nitrogen and oxygen atoms in total. The van der Waals surface area contributed by atoms with Gasteiger partial charge in [0.15, 0.2) is 0 Å². The molecule has 0 aliphatic heterocycles. The normalized spacial score (nSPS) is 13.2. The van der Waals surface area contributed by atoms with E-state index in [0.717, 1.165) is 6.20 Å². The number of hydrogen-bond acceptors (Lipinski definition) is 4. The summed E-state index contributed by atoms with van der Waals surface area (Å²) in [5, 5.41) is 9.40. The standard InChI is InChI=1S/C8H11F2N3O/c9-8(10)6-4-12-3-5(13-6)7(14)1-2-11/h3-4,7-8,14H,1-2,11H2. The average Bonchev–Trinajstić information content (AvgIpc) is 2.18. The van der Waals surface area contributed by atoms with Crippen molar-refractivity contribution in [1.82, 2.24) is 9.97 Å². The number of aliphatic hydroxyl groups excluding tert-OH is 1. The van der Waals surface area contributed by atoms with Gasteiger partial charge < -0.3 is 10.8 Å². The fourth-order valence-corrected chi connectivity index (χ4v) is 0.968. The Morgan fingerprint density at radius 2 is 2.00 bits per heavy atom. The predicted octanol–water partition coefficient (Wildman–Crippen LogP) is 0.796. The van der Waals surface area contributed by atoms with Gasteiger partial charge in [-0.2, -0.15) is 0 Å². The Morgan fingerprint density at radius 3 is 2.57 bits per heavy atom. The molecule has 3 N–H and O–H groups in total. The number of nitrogens with zero attached hydrogens (tertiary/aromatic N) is 2. The van der Waals surface area contributed by atoms with E-state index in [2.05, 4.69) is 9.97 Å². The number of rotatable bonds is 4. The summed E-state index contributed by atoms with van der Waals surface area (Å²) >= 11 is 0. The van der Waals surface area contributed by atoms with Crippen LogP contribution in [0.2, 0.25) is 0 Å². The Bertz CT molecular complexity index is 296. The topological polar surface area (TPSA) is 72.0 Å². The zero-order chi connectivity index (χ0) is 10.6. The second-order valence-corrected chi connectivity index (χ2v) is 2.76. The second-order valence-electron chi connectivity index (χ2n) is 2.76. The lowest BCUT2D eigenvalue weighted by Crippen LogP contribution is -2.09. The van der Waals surface area contributed by atoms with Gasteiger partial charge in [0.1, 0.15) is 5.69 Å². The van der Waals surface area contributed by atoms with E-state index in [1.54, 1.807) is 0 Å². The van der Waals surface area contributed by atoms with E-state index in [4.69, 9.17) is 5.73 Å². The minimum atomic E-state index is -2.67. The zero-order valence-electron chi connectivity index (χ0n) is 7.40. The molecule has 1 heterocycles. The smallest absolute Gasteiger partial charge is 0.281 e. The van der Waals surface area contributed by atoms with Crippen LogP contribution in [0.4, 0.5) is 8.78 Å². The van der Waals surface area contributed by atoms with Crippen molar-refractivity contribution in [2.75, 3.05) is 6.54 Å². The van der Waals surface area contributed by atoms with Crippen LogP contribution >= 0.6 is 0 Å². The number of hydrogen-bond donors (Lipinski definition) is 2. The molecule has 0 saturated carbocycles. The molecule has 0 aromatic carbocycles. The number of aromatic nitrogens is 2. The van der Waals surface area contributed by atoms with Crippen LogP contribution in [0.3, 0.4) is 0 Å². The first-order chi connectivity index (χ1) is 6.65. The van der Waals surface area contributed by atoms with Gasteiger partial charge in [-0.05, 0) is 13.0 Å². The largest absolute Gasteiger partial charge is 0.387 e. The van der Waals surface area contributed by atoms with Crippen molar-refractivity contribution in [2.24, 2.45) is 5.73 Å². The number of halogens is 2. The molecule has 0 amide bonds. The molecule has 0 aliphatic rings. The summed E-state index contributed by atoms with van der Waals surface area (Å²) < 4.78 is 24.4. The lowest BCUT2D eigenvalue weighted by Gasteiger charge is -2.08. The van der Waals surface area contributed by atoms with Crippen molar-refractivity contribution in [3.05, 3.63) is 23.8 Å². The quantitative estimate of drug-likeness (QED) is 0.759. The third-order valence-electron chi connectivity index (χ3n) is 1.68. The molecule has 1 atom stereocenters. The van der Waals surface area contributed by atoms with Crippen LogP contribution in [-0.4, -0.2) is 21.6 Å². The van der Waals surface area contributed by atoms with Crippen molar-refractivity contribution >= 4 is 0 Å². The molecule has 1 unspecified atom stereocenters. The molecule has 0 aliphatic carbocycles. The summed E-state index contributed by atoms with van der Waals surface area (Å²) in [6, 6.07) is 0. The summed E-state index contributed by atoms with van der Waals surface area (Å²) in [6.45, 7) is 0.266. The van der Waals surface area contributed by atoms with Crippen molar-refractivity contribution in [2.45, 2.75) is 19.0 Å². The minimum Gasteiger partial charge on any atom is -0.387 e. The Kier molecular flexibility index (Phi) is 3.84. The van der Waals surface area contributed by atoms with Crippen LogP contribution in [0.15, 0.2) is 12.4 Å². The monoisotopic (exact) mass is 203 g/mol. The highest BCUT2D eigenvalue weighted by atomic mass is 19.3. The summed E-state index contributed by atoms with van der Waals surface area (Å²) in [5.41, 5.74) is 4.91. The van der Waals surface area contributed by atoms with Gasteiger partial charge in [0, 0.05) is 0 Å². The van der Waals surface area contributed by atoms with E-state index in [0.29, 0.717) is 0 Å². The van der Waals surface area contributed by atoms with Crippen molar-refractivity contribution in [1.29, 1.82) is 0 Å². The van der Waals surface area contributed by atoms with Crippen LogP contribution in [0, 0.1) is 0 Å². The van der Waals surface area contributed by atoms with Crippen LogP contribution in [-0.2, 0) is 0 Å². The van der Waals surface area contributed by atoms with Crippen molar-refractivity contribution in [3.63, 3.8) is 0 Å². The second kappa shape index (κ2) is 4.92. The van der Waals surface area contributed by atoms with E-state index in [-0.39, 0.29) is 18.7 Å². The third-order valence-corrected chi connectivity index (χ3v) is 1.68. The first-order valence-electron chi connectivity index (χ1n) is 4.13. The third kappa shape index (κ3) is 2.68. The fraction of sp³-hybridized carbons (Fsp3) is 0.500. The Labute approximate surface area is 79.8 Å². The Balaban J connectivity index is 2.82. The highest BCUT2D eigenvalue weighted by Gasteiger charge is 2.13. The summed E-state index contributed by atoms with van der Waals surface area (Å²) in [6.07, 6.45) is -1.09. The van der Waals surface area contributed by atoms with Gasteiger partial charge in [-0.15, -0.1) is 0 Å². The van der Waals surface area contributed by atoms with Crippen LogP contribution in [0.1, 0.15) is 30.3 Å². The number of aliphatic hydroxyl groups is 1. The molecule has 1 aromatic rings. The maximum atomic E-state index is 12.2. The SMILES string of the molecule is NCCC(O)c1cncc(C(F)F)n1. The van der Waals surface area contributed by atoms with Crippen LogP contribution in [0.5, 0.6) is 0 Å². The number of alkyl halides is 2. The van der Waals surface area contributed by atoms with E-state index < -0.39 is 18.2 Å². The first kappa shape index (κ1) is 10.9. The first-order valence-corrected chi connectivity index (χ1v) is 4.13. The molecule has 0 fully saturated rings. The van der Waals surface area contributed by atoms with Gasteiger partial charge in [0.05, 0.1) is 24.2 Å². The fourth-order valence-electron chi connectivity index (χ4n) is 0.968. The highest BCUT2D eigenvalue weighted by molar-refractivity contribution is 5.06. The van der Waals surface area contributed by atoms with Gasteiger partial charge in [0.2, 0.25) is 0 Å². The lowest BCUT2D eigenvalue weighted by molar-refractivity contribution is 0.139. The molecule has 0 radical (unpaired) electrons. The molecule has 14 heavy (non-hydrogen) atoms. The maximum absolute atomic E-state index is 12.2. The molecular formula is C8H11F2N3O. The Hall–Kier alpha value is -1.14. The molecule has 0 bridgehead atoms. The summed E-state index contributed by atoms with van der Waals surface area (Å²) in [4.78, 5) is 7.14. The van der Waals surface area contributed by atoms with Gasteiger partial charge in [-0.25, -0.2) is 13.8 Å². The number of nitrogens with two attached hydrogens (primary N) is 1. The van der Waals surface area contributed by atoms with Crippen molar-refractivity contribution < 1.29 is 13.9 Å².